The minimum absolute atomic E-state index is 0.119. The highest BCUT2D eigenvalue weighted by Crippen LogP contribution is 2.44. The topological polar surface area (TPSA) is 120 Å². The second-order valence-corrected chi connectivity index (χ2v) is 11.9. The molecule has 0 bridgehead atoms. The van der Waals surface area contributed by atoms with Crippen molar-refractivity contribution in [2.75, 3.05) is 36.9 Å². The molecule has 12 heteroatoms. The van der Waals surface area contributed by atoms with E-state index < -0.39 is 18.1 Å². The Morgan fingerprint density at radius 2 is 1.83 bits per heavy atom. The van der Waals surface area contributed by atoms with Crippen molar-refractivity contribution in [3.8, 4) is 5.88 Å². The SMILES string of the molecule is CCOC(=O)C1CC2(CCN(c3cc(OCc4ccc(Cl)cc4Br)nc(N)n3)CC2)CN1C(=O)OCc1ccccc1. The van der Waals surface area contributed by atoms with Crippen molar-refractivity contribution in [2.24, 2.45) is 5.41 Å². The van der Waals surface area contributed by atoms with Crippen LogP contribution < -0.4 is 15.4 Å². The number of hydrogen-bond donors (Lipinski definition) is 1. The zero-order chi connectivity index (χ0) is 29.7. The fourth-order valence-corrected chi connectivity index (χ4v) is 6.33. The highest BCUT2D eigenvalue weighted by Gasteiger charge is 2.51. The number of carbonyl (C=O) groups excluding carboxylic acids is 2. The summed E-state index contributed by atoms with van der Waals surface area (Å²) in [5.74, 6) is 0.761. The van der Waals surface area contributed by atoms with E-state index in [1.807, 2.05) is 42.5 Å². The van der Waals surface area contributed by atoms with Gasteiger partial charge in [0.25, 0.3) is 0 Å². The molecule has 2 fully saturated rings. The van der Waals surface area contributed by atoms with Crippen LogP contribution in [0.4, 0.5) is 16.6 Å². The summed E-state index contributed by atoms with van der Waals surface area (Å²) in [5.41, 5.74) is 7.60. The van der Waals surface area contributed by atoms with Gasteiger partial charge in [0, 0.05) is 40.8 Å². The number of halogens is 2. The molecule has 2 N–H and O–H groups in total. The van der Waals surface area contributed by atoms with E-state index in [2.05, 4.69) is 30.8 Å². The van der Waals surface area contributed by atoms with Crippen LogP contribution in [0, 0.1) is 5.41 Å². The van der Waals surface area contributed by atoms with E-state index in [1.165, 1.54) is 0 Å². The van der Waals surface area contributed by atoms with Gasteiger partial charge in [0.2, 0.25) is 11.8 Å². The van der Waals surface area contributed by atoms with Gasteiger partial charge < -0.3 is 24.8 Å². The van der Waals surface area contributed by atoms with Crippen molar-refractivity contribution < 1.29 is 23.8 Å². The van der Waals surface area contributed by atoms with Gasteiger partial charge in [0.1, 0.15) is 25.1 Å². The Hall–Kier alpha value is -3.57. The van der Waals surface area contributed by atoms with E-state index in [-0.39, 0.29) is 31.2 Å². The largest absolute Gasteiger partial charge is 0.473 e. The minimum Gasteiger partial charge on any atom is -0.473 e. The Bertz CT molecular complexity index is 1420. The lowest BCUT2D eigenvalue weighted by molar-refractivity contribution is -0.148. The molecule has 3 heterocycles. The maximum Gasteiger partial charge on any atom is 0.410 e. The summed E-state index contributed by atoms with van der Waals surface area (Å²) in [6.45, 7) is 4.19. The lowest BCUT2D eigenvalue weighted by Crippen LogP contribution is -2.43. The average Bonchev–Trinajstić information content (AvgIpc) is 3.35. The van der Waals surface area contributed by atoms with Gasteiger partial charge in [-0.15, -0.1) is 0 Å². The van der Waals surface area contributed by atoms with E-state index >= 15 is 0 Å². The van der Waals surface area contributed by atoms with E-state index in [9.17, 15) is 9.59 Å². The fraction of sp³-hybridized carbons (Fsp3) is 0.400. The Labute approximate surface area is 258 Å². The monoisotopic (exact) mass is 657 g/mol. The quantitative estimate of drug-likeness (QED) is 0.308. The van der Waals surface area contributed by atoms with Gasteiger partial charge in [-0.1, -0.05) is 63.9 Å². The first-order valence-corrected chi connectivity index (χ1v) is 15.0. The molecule has 2 aliphatic heterocycles. The summed E-state index contributed by atoms with van der Waals surface area (Å²) >= 11 is 9.55. The molecule has 2 saturated heterocycles. The Morgan fingerprint density at radius 1 is 1.07 bits per heavy atom. The number of hydrogen-bond acceptors (Lipinski definition) is 9. The highest BCUT2D eigenvalue weighted by atomic mass is 79.9. The van der Waals surface area contributed by atoms with Gasteiger partial charge in [-0.3, -0.25) is 4.90 Å². The van der Waals surface area contributed by atoms with Crippen molar-refractivity contribution >= 4 is 51.4 Å². The lowest BCUT2D eigenvalue weighted by atomic mass is 9.76. The van der Waals surface area contributed by atoms with Gasteiger partial charge in [0.05, 0.1) is 6.61 Å². The highest BCUT2D eigenvalue weighted by molar-refractivity contribution is 9.10. The molecule has 0 radical (unpaired) electrons. The number of aromatic nitrogens is 2. The second-order valence-electron chi connectivity index (χ2n) is 10.6. The molecule has 42 heavy (non-hydrogen) atoms. The van der Waals surface area contributed by atoms with E-state index in [1.54, 1.807) is 24.0 Å². The molecule has 1 aromatic heterocycles. The number of carbonyl (C=O) groups is 2. The Kier molecular flexibility index (Phi) is 9.37. The number of nitrogens with zero attached hydrogens (tertiary/aromatic N) is 4. The van der Waals surface area contributed by atoms with Crippen LogP contribution in [0.3, 0.4) is 0 Å². The number of amides is 1. The van der Waals surface area contributed by atoms with Crippen molar-refractivity contribution in [1.82, 2.24) is 14.9 Å². The van der Waals surface area contributed by atoms with Gasteiger partial charge in [-0.25, -0.2) is 9.59 Å². The van der Waals surface area contributed by atoms with E-state index in [0.29, 0.717) is 42.8 Å². The summed E-state index contributed by atoms with van der Waals surface area (Å²) in [6.07, 6.45) is 1.52. The van der Waals surface area contributed by atoms with E-state index in [0.717, 1.165) is 28.4 Å². The molecule has 1 atom stereocenters. The molecule has 2 aromatic carbocycles. The number of esters is 1. The number of nitrogen functional groups attached to an aromatic ring is 1. The summed E-state index contributed by atoms with van der Waals surface area (Å²) in [6, 6.07) is 16.1. The summed E-state index contributed by atoms with van der Waals surface area (Å²) < 4.78 is 17.7. The van der Waals surface area contributed by atoms with Crippen LogP contribution in [0.1, 0.15) is 37.3 Å². The zero-order valence-electron chi connectivity index (χ0n) is 23.3. The number of piperidine rings is 1. The van der Waals surface area contributed by atoms with Gasteiger partial charge in [-0.2, -0.15) is 9.97 Å². The molecule has 5 rings (SSSR count). The van der Waals surface area contributed by atoms with Crippen LogP contribution >= 0.6 is 27.5 Å². The summed E-state index contributed by atoms with van der Waals surface area (Å²) in [5, 5.41) is 0.630. The minimum atomic E-state index is -0.679. The predicted molar refractivity (Wildman–Crippen MR) is 162 cm³/mol. The number of anilines is 2. The first-order chi connectivity index (χ1) is 20.2. The number of likely N-dealkylation sites (tertiary alicyclic amines) is 1. The van der Waals surface area contributed by atoms with Crippen molar-refractivity contribution in [1.29, 1.82) is 0 Å². The van der Waals surface area contributed by atoms with Gasteiger partial charge >= 0.3 is 12.1 Å². The first kappa shape index (κ1) is 29.9. The summed E-state index contributed by atoms with van der Waals surface area (Å²) in [7, 11) is 0. The van der Waals surface area contributed by atoms with Gasteiger partial charge in [0.15, 0.2) is 0 Å². The first-order valence-electron chi connectivity index (χ1n) is 13.9. The van der Waals surface area contributed by atoms with Crippen molar-refractivity contribution in [2.45, 2.75) is 45.4 Å². The zero-order valence-corrected chi connectivity index (χ0v) is 25.6. The molecule has 3 aromatic rings. The standard InChI is InChI=1S/C30H33BrClN5O5/c1-2-40-27(38)24-16-30(19-37(24)29(39)42-17-20-6-4-3-5-7-20)10-12-36(13-11-30)25-15-26(35-28(33)34-25)41-18-21-8-9-22(32)14-23(21)31/h3-9,14-15,24H,2,10-13,16-19H2,1H3,(H2,33,34,35). The maximum atomic E-state index is 13.2. The number of benzene rings is 2. The van der Waals surface area contributed by atoms with Crippen LogP contribution in [0.2, 0.25) is 5.02 Å². The fourth-order valence-electron chi connectivity index (χ4n) is 5.53. The molecule has 1 spiro atoms. The van der Waals surface area contributed by atoms with Crippen LogP contribution in [-0.4, -0.2) is 59.2 Å². The molecule has 0 aliphatic carbocycles. The molecular weight excluding hydrogens is 626 g/mol. The maximum absolute atomic E-state index is 13.2. The summed E-state index contributed by atoms with van der Waals surface area (Å²) in [4.78, 5) is 38.4. The lowest BCUT2D eigenvalue weighted by Gasteiger charge is -2.39. The molecule has 1 amide bonds. The number of nitrogens with two attached hydrogens (primary N) is 1. The molecule has 1 unspecified atom stereocenters. The molecule has 222 valence electrons. The molecular formula is C30H33BrClN5O5. The third-order valence-corrected chi connectivity index (χ3v) is 8.73. The smallest absolute Gasteiger partial charge is 0.410 e. The van der Waals surface area contributed by atoms with Crippen LogP contribution in [0.15, 0.2) is 59.1 Å². The van der Waals surface area contributed by atoms with Crippen LogP contribution in [-0.2, 0) is 27.5 Å². The van der Waals surface area contributed by atoms with Crippen molar-refractivity contribution in [3.05, 3.63) is 75.2 Å². The van der Waals surface area contributed by atoms with Crippen LogP contribution in [0.5, 0.6) is 5.88 Å². The number of ether oxygens (including phenoxy) is 3. The third kappa shape index (κ3) is 7.07. The van der Waals surface area contributed by atoms with E-state index in [4.69, 9.17) is 31.5 Å². The molecule has 2 aliphatic rings. The average molecular weight is 659 g/mol. The Balaban J connectivity index is 1.24. The number of rotatable bonds is 8. The van der Waals surface area contributed by atoms with Crippen LogP contribution in [0.25, 0.3) is 0 Å². The Morgan fingerprint density at radius 3 is 2.55 bits per heavy atom. The second kappa shape index (κ2) is 13.2. The van der Waals surface area contributed by atoms with Crippen molar-refractivity contribution in [3.63, 3.8) is 0 Å². The normalized spacial score (nSPS) is 17.7. The third-order valence-electron chi connectivity index (χ3n) is 7.75. The predicted octanol–water partition coefficient (Wildman–Crippen LogP) is 5.61. The molecule has 10 nitrogen and oxygen atoms in total. The molecule has 0 saturated carbocycles. The van der Waals surface area contributed by atoms with Gasteiger partial charge in [-0.05, 0) is 49.3 Å².